The van der Waals surface area contributed by atoms with Crippen molar-refractivity contribution in [3.05, 3.63) is 29.8 Å². The summed E-state index contributed by atoms with van der Waals surface area (Å²) in [5, 5.41) is 3.37. The Labute approximate surface area is 111 Å². The zero-order chi connectivity index (χ0) is 13.7. The van der Waals surface area contributed by atoms with E-state index in [1.54, 1.807) is 0 Å². The Morgan fingerprint density at radius 2 is 2.26 bits per heavy atom. The molecule has 0 amide bonds. The molecule has 1 N–H and O–H groups in total. The van der Waals surface area contributed by atoms with Crippen molar-refractivity contribution in [3.63, 3.8) is 0 Å². The number of rotatable bonds is 5. The first-order valence-corrected chi connectivity index (χ1v) is 6.63. The number of ether oxygens (including phenoxy) is 2. The van der Waals surface area contributed by atoms with Gasteiger partial charge in [-0.3, -0.25) is 0 Å². The second kappa shape index (κ2) is 6.82. The van der Waals surface area contributed by atoms with Crippen LogP contribution in [0.15, 0.2) is 18.2 Å². The molecule has 1 heterocycles. The highest BCUT2D eigenvalue weighted by Crippen LogP contribution is 2.22. The molecule has 5 heteroatoms. The van der Waals surface area contributed by atoms with Gasteiger partial charge in [0.25, 0.3) is 0 Å². The first-order valence-electron chi connectivity index (χ1n) is 6.63. The van der Waals surface area contributed by atoms with Gasteiger partial charge in [0.05, 0.1) is 6.61 Å². The average Bonchev–Trinajstić information content (AvgIpc) is 2.41. The first-order chi connectivity index (χ1) is 9.20. The molecule has 0 aliphatic carbocycles. The Morgan fingerprint density at radius 1 is 1.42 bits per heavy atom. The first kappa shape index (κ1) is 14.2. The molecule has 1 aromatic rings. The minimum absolute atomic E-state index is 0.0696. The number of nitrogens with one attached hydrogen (secondary N) is 1. The maximum absolute atomic E-state index is 13.6. The lowest BCUT2D eigenvalue weighted by molar-refractivity contribution is -0.0160. The molecule has 1 fully saturated rings. The van der Waals surface area contributed by atoms with E-state index in [1.165, 1.54) is 12.1 Å². The molecule has 1 aliphatic heterocycles. The summed E-state index contributed by atoms with van der Waals surface area (Å²) in [6.45, 7) is 4.06. The Morgan fingerprint density at radius 3 is 3.00 bits per heavy atom. The lowest BCUT2D eigenvalue weighted by atomic mass is 10.1. The van der Waals surface area contributed by atoms with Crippen LogP contribution >= 0.6 is 0 Å². The fourth-order valence-electron chi connectivity index (χ4n) is 2.13. The zero-order valence-electron chi connectivity index (χ0n) is 11.0. The van der Waals surface area contributed by atoms with Crippen molar-refractivity contribution in [1.29, 1.82) is 0 Å². The average molecular weight is 271 g/mol. The summed E-state index contributed by atoms with van der Waals surface area (Å²) in [4.78, 5) is 0. The van der Waals surface area contributed by atoms with Crippen LogP contribution in [0, 0.1) is 11.6 Å². The van der Waals surface area contributed by atoms with E-state index in [0.717, 1.165) is 25.5 Å². The lowest BCUT2D eigenvalue weighted by Gasteiger charge is -2.32. The van der Waals surface area contributed by atoms with Crippen LogP contribution in [0.2, 0.25) is 0 Å². The molecule has 0 aromatic heterocycles. The molecule has 3 nitrogen and oxygen atoms in total. The number of hydrogen-bond donors (Lipinski definition) is 1. The van der Waals surface area contributed by atoms with Gasteiger partial charge in [0.2, 0.25) is 0 Å². The summed E-state index contributed by atoms with van der Waals surface area (Å²) >= 11 is 0. The highest BCUT2D eigenvalue weighted by atomic mass is 19.1. The molecule has 0 bridgehead atoms. The minimum Gasteiger partial charge on any atom is -0.483 e. The van der Waals surface area contributed by atoms with Gasteiger partial charge in [0.15, 0.2) is 11.6 Å². The maximum atomic E-state index is 13.6. The molecular formula is C14H19F2NO2. The molecule has 0 radical (unpaired) electrons. The summed E-state index contributed by atoms with van der Waals surface area (Å²) in [6.07, 6.45) is 1.60. The summed E-state index contributed by atoms with van der Waals surface area (Å²) in [7, 11) is 0. The van der Waals surface area contributed by atoms with Crippen LogP contribution in [0.3, 0.4) is 0 Å². The molecule has 19 heavy (non-hydrogen) atoms. The van der Waals surface area contributed by atoms with Gasteiger partial charge in [-0.2, -0.15) is 0 Å². The van der Waals surface area contributed by atoms with Crippen LogP contribution < -0.4 is 10.1 Å². The second-order valence-corrected chi connectivity index (χ2v) is 4.66. The van der Waals surface area contributed by atoms with Crippen LogP contribution in [-0.2, 0) is 4.74 Å². The van der Waals surface area contributed by atoms with Crippen LogP contribution in [0.25, 0.3) is 0 Å². The SMILES string of the molecule is CCCNC1CCOCC1Oc1ccc(F)cc1F. The molecular weight excluding hydrogens is 252 g/mol. The third kappa shape index (κ3) is 3.88. The van der Waals surface area contributed by atoms with Gasteiger partial charge in [-0.1, -0.05) is 6.92 Å². The van der Waals surface area contributed by atoms with Gasteiger partial charge in [-0.05, 0) is 31.5 Å². The van der Waals surface area contributed by atoms with Crippen molar-refractivity contribution >= 4 is 0 Å². The van der Waals surface area contributed by atoms with E-state index in [0.29, 0.717) is 13.2 Å². The molecule has 1 aliphatic rings. The highest BCUT2D eigenvalue weighted by molar-refractivity contribution is 5.25. The summed E-state index contributed by atoms with van der Waals surface area (Å²) < 4.78 is 37.4. The smallest absolute Gasteiger partial charge is 0.167 e. The predicted molar refractivity (Wildman–Crippen MR) is 68.3 cm³/mol. The molecule has 0 saturated carbocycles. The van der Waals surface area contributed by atoms with E-state index >= 15 is 0 Å². The monoisotopic (exact) mass is 271 g/mol. The van der Waals surface area contributed by atoms with E-state index in [4.69, 9.17) is 9.47 Å². The second-order valence-electron chi connectivity index (χ2n) is 4.66. The van der Waals surface area contributed by atoms with Crippen LogP contribution in [0.5, 0.6) is 5.75 Å². The van der Waals surface area contributed by atoms with E-state index in [1.807, 2.05) is 0 Å². The number of hydrogen-bond acceptors (Lipinski definition) is 3. The van der Waals surface area contributed by atoms with Crippen LogP contribution in [0.1, 0.15) is 19.8 Å². The third-order valence-corrected chi connectivity index (χ3v) is 3.13. The minimum atomic E-state index is -0.681. The normalized spacial score (nSPS) is 23.3. The number of halogens is 2. The zero-order valence-corrected chi connectivity index (χ0v) is 11.0. The molecule has 1 saturated heterocycles. The highest BCUT2D eigenvalue weighted by Gasteiger charge is 2.27. The standard InChI is InChI=1S/C14H19F2NO2/c1-2-6-17-12-5-7-18-9-14(12)19-13-4-3-10(15)8-11(13)16/h3-4,8,12,14,17H,2,5-7,9H2,1H3. The largest absolute Gasteiger partial charge is 0.483 e. The Hall–Kier alpha value is -1.20. The predicted octanol–water partition coefficient (Wildman–Crippen LogP) is 2.50. The van der Waals surface area contributed by atoms with Gasteiger partial charge in [0.1, 0.15) is 11.9 Å². The van der Waals surface area contributed by atoms with Gasteiger partial charge < -0.3 is 14.8 Å². The van der Waals surface area contributed by atoms with Crippen molar-refractivity contribution in [2.75, 3.05) is 19.8 Å². The van der Waals surface area contributed by atoms with E-state index in [-0.39, 0.29) is 17.9 Å². The van der Waals surface area contributed by atoms with Gasteiger partial charge in [0, 0.05) is 18.7 Å². The van der Waals surface area contributed by atoms with E-state index < -0.39 is 11.6 Å². The fourth-order valence-corrected chi connectivity index (χ4v) is 2.13. The molecule has 2 atom stereocenters. The Kier molecular flexibility index (Phi) is 5.10. The quantitative estimate of drug-likeness (QED) is 0.892. The van der Waals surface area contributed by atoms with Gasteiger partial charge >= 0.3 is 0 Å². The van der Waals surface area contributed by atoms with Crippen molar-refractivity contribution in [3.8, 4) is 5.75 Å². The number of benzene rings is 1. The summed E-state index contributed by atoms with van der Waals surface area (Å²) in [5.41, 5.74) is 0. The topological polar surface area (TPSA) is 30.5 Å². The van der Waals surface area contributed by atoms with Crippen LogP contribution in [-0.4, -0.2) is 31.9 Å². The van der Waals surface area contributed by atoms with Gasteiger partial charge in [-0.25, -0.2) is 8.78 Å². The molecule has 0 spiro atoms. The third-order valence-electron chi connectivity index (χ3n) is 3.13. The molecule has 106 valence electrons. The van der Waals surface area contributed by atoms with Crippen molar-refractivity contribution in [2.45, 2.75) is 31.9 Å². The molecule has 2 unspecified atom stereocenters. The van der Waals surface area contributed by atoms with Crippen molar-refractivity contribution in [1.82, 2.24) is 5.32 Å². The van der Waals surface area contributed by atoms with E-state index in [9.17, 15) is 8.78 Å². The lowest BCUT2D eigenvalue weighted by Crippen LogP contribution is -2.49. The fraction of sp³-hybridized carbons (Fsp3) is 0.571. The summed E-state index contributed by atoms with van der Waals surface area (Å²) in [6, 6.07) is 3.47. The van der Waals surface area contributed by atoms with Gasteiger partial charge in [-0.15, -0.1) is 0 Å². The van der Waals surface area contributed by atoms with Crippen LogP contribution in [0.4, 0.5) is 8.78 Å². The van der Waals surface area contributed by atoms with Crippen molar-refractivity contribution in [2.24, 2.45) is 0 Å². The van der Waals surface area contributed by atoms with E-state index in [2.05, 4.69) is 12.2 Å². The maximum Gasteiger partial charge on any atom is 0.167 e. The Balaban J connectivity index is 2.02. The Bertz CT molecular complexity index is 414. The molecule has 1 aromatic carbocycles. The summed E-state index contributed by atoms with van der Waals surface area (Å²) in [5.74, 6) is -1.22. The van der Waals surface area contributed by atoms with Crippen molar-refractivity contribution < 1.29 is 18.3 Å². The molecule has 2 rings (SSSR count).